The van der Waals surface area contributed by atoms with Crippen LogP contribution in [0.2, 0.25) is 0 Å². The normalized spacial score (nSPS) is 14.4. The molecular weight excluding hydrogens is 496 g/mol. The van der Waals surface area contributed by atoms with Gasteiger partial charge in [0.05, 0.1) is 34.9 Å². The van der Waals surface area contributed by atoms with Gasteiger partial charge in [-0.3, -0.25) is 9.59 Å². The second kappa shape index (κ2) is 12.9. The fraction of sp³-hybridized carbons (Fsp3) is 0.423. The molecule has 4 rings (SSSR count). The van der Waals surface area contributed by atoms with Crippen LogP contribution in [0, 0.1) is 0 Å². The third-order valence-electron chi connectivity index (χ3n) is 5.91. The lowest BCUT2D eigenvalue weighted by Crippen LogP contribution is -2.49. The first-order valence-corrected chi connectivity index (χ1v) is 14.0. The van der Waals surface area contributed by atoms with Crippen LogP contribution in [0.3, 0.4) is 0 Å². The van der Waals surface area contributed by atoms with Crippen LogP contribution in [0.1, 0.15) is 6.92 Å². The number of aromatic nitrogens is 1. The van der Waals surface area contributed by atoms with Crippen molar-refractivity contribution in [3.8, 4) is 5.75 Å². The number of carbonyl (C=O) groups excluding carboxylic acids is 2. The van der Waals surface area contributed by atoms with Crippen molar-refractivity contribution in [3.63, 3.8) is 0 Å². The van der Waals surface area contributed by atoms with Crippen molar-refractivity contribution in [2.45, 2.75) is 13.5 Å². The Morgan fingerprint density at radius 3 is 2.56 bits per heavy atom. The van der Waals surface area contributed by atoms with E-state index in [4.69, 9.17) is 9.47 Å². The molecule has 2 aromatic carbocycles. The molecule has 0 aliphatic carbocycles. The third-order valence-corrected chi connectivity index (χ3v) is 7.85. The molecule has 0 N–H and O–H groups in total. The summed E-state index contributed by atoms with van der Waals surface area (Å²) in [7, 11) is 1.65. The number of amides is 2. The molecule has 1 saturated heterocycles. The molecule has 0 radical (unpaired) electrons. The highest BCUT2D eigenvalue weighted by molar-refractivity contribution is 8.00. The molecule has 0 bridgehead atoms. The van der Waals surface area contributed by atoms with E-state index in [0.29, 0.717) is 37.6 Å². The molecule has 192 valence electrons. The van der Waals surface area contributed by atoms with Gasteiger partial charge in [0.2, 0.25) is 5.91 Å². The zero-order chi connectivity index (χ0) is 25.3. The molecule has 8 nitrogen and oxygen atoms in total. The minimum absolute atomic E-state index is 0.0704. The van der Waals surface area contributed by atoms with Crippen molar-refractivity contribution in [3.05, 3.63) is 53.3 Å². The van der Waals surface area contributed by atoms with Gasteiger partial charge < -0.3 is 23.8 Å². The van der Waals surface area contributed by atoms with Gasteiger partial charge in [-0.1, -0.05) is 29.5 Å². The van der Waals surface area contributed by atoms with Gasteiger partial charge in [0, 0.05) is 45.5 Å². The summed E-state index contributed by atoms with van der Waals surface area (Å²) >= 11 is 2.78. The van der Waals surface area contributed by atoms with Gasteiger partial charge in [-0.15, -0.1) is 11.8 Å². The highest BCUT2D eigenvalue weighted by atomic mass is 32.2. The summed E-state index contributed by atoms with van der Waals surface area (Å²) in [6, 6.07) is 16.1. The molecule has 36 heavy (non-hydrogen) atoms. The molecule has 1 aliphatic heterocycles. The highest BCUT2D eigenvalue weighted by Gasteiger charge is 2.21. The van der Waals surface area contributed by atoms with Gasteiger partial charge in [0.1, 0.15) is 5.75 Å². The number of rotatable bonds is 10. The zero-order valence-electron chi connectivity index (χ0n) is 20.7. The molecule has 2 heterocycles. The summed E-state index contributed by atoms with van der Waals surface area (Å²) in [5.41, 5.74) is 2.17. The van der Waals surface area contributed by atoms with Crippen molar-refractivity contribution in [1.82, 2.24) is 9.47 Å². The standard InChI is InChI=1S/C26H32N4O4S2/c1-3-34-21-9-10-22-23(17-21)36-26(30(22)15-16-33-2)27-24(31)18-35-19-25(32)29-13-11-28(12-14-29)20-7-5-4-6-8-20/h4-10,17H,3,11-16,18-19H2,1-2H3. The number of thiazole rings is 1. The second-order valence-corrected chi connectivity index (χ2v) is 10.3. The van der Waals surface area contributed by atoms with E-state index in [2.05, 4.69) is 22.0 Å². The first kappa shape index (κ1) is 26.2. The lowest BCUT2D eigenvalue weighted by molar-refractivity contribution is -0.128. The van der Waals surface area contributed by atoms with Crippen molar-refractivity contribution >= 4 is 50.8 Å². The molecule has 3 aromatic rings. The van der Waals surface area contributed by atoms with Crippen LogP contribution >= 0.6 is 23.1 Å². The summed E-state index contributed by atoms with van der Waals surface area (Å²) < 4.78 is 13.9. The maximum Gasteiger partial charge on any atom is 0.258 e. The van der Waals surface area contributed by atoms with E-state index in [9.17, 15) is 9.59 Å². The maximum atomic E-state index is 12.7. The monoisotopic (exact) mass is 528 g/mol. The lowest BCUT2D eigenvalue weighted by atomic mass is 10.2. The first-order valence-electron chi connectivity index (χ1n) is 12.1. The van der Waals surface area contributed by atoms with Gasteiger partial charge in [0.15, 0.2) is 4.80 Å². The second-order valence-electron chi connectivity index (χ2n) is 8.29. The van der Waals surface area contributed by atoms with E-state index in [0.717, 1.165) is 29.1 Å². The Bertz CT molecular complexity index is 1230. The highest BCUT2D eigenvalue weighted by Crippen LogP contribution is 2.23. The largest absolute Gasteiger partial charge is 0.494 e. The van der Waals surface area contributed by atoms with E-state index >= 15 is 0 Å². The van der Waals surface area contributed by atoms with Crippen LogP contribution in [0.5, 0.6) is 5.75 Å². The molecule has 1 aromatic heterocycles. The average Bonchev–Trinajstić information content (AvgIpc) is 3.24. The Kier molecular flexibility index (Phi) is 9.43. The molecule has 10 heteroatoms. The molecule has 2 amide bonds. The van der Waals surface area contributed by atoms with Crippen molar-refractivity contribution in [1.29, 1.82) is 0 Å². The van der Waals surface area contributed by atoms with Crippen LogP contribution in [-0.2, 0) is 20.9 Å². The van der Waals surface area contributed by atoms with E-state index < -0.39 is 0 Å². The van der Waals surface area contributed by atoms with Gasteiger partial charge in [-0.2, -0.15) is 4.99 Å². The molecule has 1 aliphatic rings. The van der Waals surface area contributed by atoms with Crippen LogP contribution < -0.4 is 14.4 Å². The summed E-state index contributed by atoms with van der Waals surface area (Å²) in [6.07, 6.45) is 0. The van der Waals surface area contributed by atoms with Gasteiger partial charge in [-0.05, 0) is 37.3 Å². The fourth-order valence-electron chi connectivity index (χ4n) is 4.10. The van der Waals surface area contributed by atoms with Crippen LogP contribution in [0.4, 0.5) is 5.69 Å². The summed E-state index contributed by atoms with van der Waals surface area (Å²) in [5.74, 6) is 1.06. The van der Waals surface area contributed by atoms with Gasteiger partial charge >= 0.3 is 0 Å². The smallest absolute Gasteiger partial charge is 0.258 e. The lowest BCUT2D eigenvalue weighted by Gasteiger charge is -2.36. The average molecular weight is 529 g/mol. The number of para-hydroxylation sites is 1. The number of methoxy groups -OCH3 is 1. The number of nitrogens with zero attached hydrogens (tertiary/aromatic N) is 4. The molecule has 0 unspecified atom stereocenters. The quantitative estimate of drug-likeness (QED) is 0.402. The predicted octanol–water partition coefficient (Wildman–Crippen LogP) is 3.26. The molecule has 0 saturated carbocycles. The SMILES string of the molecule is CCOc1ccc2c(c1)sc(=NC(=O)CSCC(=O)N1CCN(c3ccccc3)CC1)n2CCOC. The summed E-state index contributed by atoms with van der Waals surface area (Å²) in [4.78, 5) is 34.5. The first-order chi connectivity index (χ1) is 17.6. The summed E-state index contributed by atoms with van der Waals surface area (Å²) in [5, 5.41) is 0. The predicted molar refractivity (Wildman–Crippen MR) is 146 cm³/mol. The Hall–Kier alpha value is -2.82. The van der Waals surface area contributed by atoms with Gasteiger partial charge in [-0.25, -0.2) is 0 Å². The Labute approximate surface area is 219 Å². The topological polar surface area (TPSA) is 76.4 Å². The molecule has 0 atom stereocenters. The number of piperazine rings is 1. The Morgan fingerprint density at radius 1 is 1.06 bits per heavy atom. The summed E-state index contributed by atoms with van der Waals surface area (Å²) in [6.45, 7) is 6.66. The number of carbonyl (C=O) groups is 2. The van der Waals surface area contributed by atoms with Crippen molar-refractivity contribution < 1.29 is 19.1 Å². The minimum atomic E-state index is -0.246. The van der Waals surface area contributed by atoms with Crippen molar-refractivity contribution in [2.24, 2.45) is 4.99 Å². The number of ether oxygens (including phenoxy) is 2. The van der Waals surface area contributed by atoms with E-state index in [1.165, 1.54) is 28.8 Å². The van der Waals surface area contributed by atoms with Crippen molar-refractivity contribution in [2.75, 3.05) is 62.9 Å². The number of fused-ring (bicyclic) bond motifs is 1. The molecule has 0 spiro atoms. The number of hydrogen-bond acceptors (Lipinski definition) is 7. The number of thioether (sulfide) groups is 1. The number of benzene rings is 2. The Morgan fingerprint density at radius 2 is 1.83 bits per heavy atom. The zero-order valence-corrected chi connectivity index (χ0v) is 22.4. The maximum absolute atomic E-state index is 12.7. The van der Waals surface area contributed by atoms with Crippen LogP contribution in [0.15, 0.2) is 53.5 Å². The van der Waals surface area contributed by atoms with Crippen LogP contribution in [-0.4, -0.2) is 79.3 Å². The van der Waals surface area contributed by atoms with Crippen LogP contribution in [0.25, 0.3) is 10.2 Å². The minimum Gasteiger partial charge on any atom is -0.494 e. The number of anilines is 1. The third kappa shape index (κ3) is 6.68. The fourth-order valence-corrected chi connectivity index (χ4v) is 5.90. The number of hydrogen-bond donors (Lipinski definition) is 0. The molecular formula is C26H32N4O4S2. The Balaban J connectivity index is 1.33. The van der Waals surface area contributed by atoms with E-state index in [1.54, 1.807) is 7.11 Å². The molecule has 1 fully saturated rings. The van der Waals surface area contributed by atoms with E-state index in [-0.39, 0.29) is 23.3 Å². The van der Waals surface area contributed by atoms with E-state index in [1.807, 2.05) is 52.8 Å². The van der Waals surface area contributed by atoms with Gasteiger partial charge in [0.25, 0.3) is 5.91 Å².